The number of aliphatic hydroxyl groups excluding tert-OH is 4. The number of nitrogens with one attached hydrogen (secondary N) is 8. The van der Waals surface area contributed by atoms with Crippen LogP contribution in [0.3, 0.4) is 0 Å². The fraction of sp³-hybridized carbons (Fsp3) is 0.556. The molecule has 4 aromatic carbocycles. The predicted octanol–water partition coefficient (Wildman–Crippen LogP) is 7.60. The summed E-state index contributed by atoms with van der Waals surface area (Å²) in [5.74, 6) is 7.81. The number of hydrogen-bond acceptors (Lipinski definition) is 34. The number of thioether (sulfide) groups is 1. The van der Waals surface area contributed by atoms with Gasteiger partial charge in [0.15, 0.2) is 41.8 Å². The highest BCUT2D eigenvalue weighted by Crippen LogP contribution is 2.50. The molecule has 143 heavy (non-hydrogen) atoms. The number of anilines is 1. The highest BCUT2D eigenvalue weighted by Gasteiger charge is 2.53. The van der Waals surface area contributed by atoms with Gasteiger partial charge < -0.3 is 134 Å². The Morgan fingerprint density at radius 3 is 2.02 bits per heavy atom. The number of nitrogens with zero attached hydrogens (tertiary/aromatic N) is 1. The third-order valence-corrected chi connectivity index (χ3v) is 30.5. The number of unbranched alkanes of at least 4 members (excludes halogenated alkanes) is 1. The Bertz CT molecular complexity index is 5330. The molecule has 0 aromatic heterocycles. The third kappa shape index (κ3) is 29.1. The number of nitrogens with two attached hydrogens (primary N) is 1. The summed E-state index contributed by atoms with van der Waals surface area (Å²) >= 11 is 2.75. The molecule has 0 saturated carbocycles. The maximum Gasteiger partial charge on any atom is 0.411 e. The minimum atomic E-state index is -2.18. The van der Waals surface area contributed by atoms with E-state index in [1.54, 1.807) is 89.6 Å². The SMILES string of the molecule is CCN(C(=O)OCc1ccc(NC(=O)[C@H](CCCNC(N)=O)NC(=O)[C@@H](NC(=O)[C@H](CCCCNC(=O)OCC2c3ccccc3-c3ccccc32)NC(C)=O)C(C)C)cc1)[C@H]1CO[C@@H](O[C@H]2[C@H](O[C@H]3C#CC=CC#C[C@]4(O)CC(=O)C(NC(=O)OC)=C3/C4=C\CSSC(C)C)O[C@H](C)[C@@H](NO[C@H]3C[C@H](O)[C@H](SC(=O)c4c(C)c(I)c(O[C@@H]5O[C@@H](C)[C@H](O)[C@@H](OC)[C@H]5O)c(OC)c4OC)[C@@H](C)O3)[C@@H]2O)C[C@@H]1OC. The number of fused-ring (bicyclic) bond motifs is 5. The number of carbonyl (C=O) groups excluding carboxylic acids is 10. The van der Waals surface area contributed by atoms with Crippen LogP contribution in [0.15, 0.2) is 108 Å². The van der Waals surface area contributed by atoms with Crippen molar-refractivity contribution in [3.8, 4) is 52.1 Å². The number of primary amides is 1. The molecule has 4 saturated heterocycles. The molecular weight excluding hydrogens is 2030 g/mol. The van der Waals surface area contributed by atoms with E-state index in [2.05, 4.69) is 66.4 Å². The highest BCUT2D eigenvalue weighted by atomic mass is 127. The van der Waals surface area contributed by atoms with Crippen LogP contribution in [0.2, 0.25) is 0 Å². The highest BCUT2D eigenvalue weighted by molar-refractivity contribution is 14.1. The molecule has 0 radical (unpaired) electrons. The number of urea groups is 1. The first kappa shape index (κ1) is 113. The van der Waals surface area contributed by atoms with E-state index in [0.717, 1.165) is 41.1 Å². The van der Waals surface area contributed by atoms with Crippen molar-refractivity contribution in [1.82, 2.24) is 42.3 Å². The van der Waals surface area contributed by atoms with Gasteiger partial charge in [-0.2, -0.15) is 5.48 Å². The fourth-order valence-corrected chi connectivity index (χ4v) is 21.3. The van der Waals surface area contributed by atoms with Gasteiger partial charge in [0.05, 0.1) is 97.0 Å². The van der Waals surface area contributed by atoms with Gasteiger partial charge >= 0.3 is 24.3 Å². The molecule has 22 atom stereocenters. The first-order valence-corrected chi connectivity index (χ1v) is 51.5. The largest absolute Gasteiger partial charge is 0.492 e. The van der Waals surface area contributed by atoms with E-state index in [0.29, 0.717) is 27.5 Å². The number of hydrogen-bond donors (Lipinski definition) is 14. The standard InChI is InChI=1S/C99H129IN10O30S3/c1-16-110(98(124)133-47-57-35-37-58(38-36-57)105-89(117)66(33-27-42-102-95(101)121)106-91(119)77(50(2)3)107-90(118)65(104-56(10)111)32-24-26-41-103-96(122)132-48-63-61-30-22-20-28-59(61)60-29-21-23-31-62(60)63)67-49-131-72(45-71(67)126-11)138-86-81(115)78(53(7)135-94(86)137-70-34-19-17-18-25-40-99(125)46-69(113)79(108-97(123)130-15)75(70)64(99)39-43-141-143-51(4)5)109-140-73-44-68(112)88(55(9)134-73)142-92(120)74-52(6)76(100)84(87(129-14)83(74)127-12)139-93-82(116)85(128-13)80(114)54(8)136-93/h17-18,20-23,28-31,35-39,50-51,53-55,63,65-68,70-73,77-78,80-82,85-86,88,93-94,109,112,114-116,125H,16,24,26-27,32-33,41-49H2,1-15H3,(H,103,122)(H,104,111)(H,105,117)(H,106,119)(H,107,118)(H,108,123)(H3,101,102,121)/b18-17?,64-39+/t53-,54+,55-,65+,66+,67+,68+,70+,71+,72+,73+,77+,78-,80+,81+,82-,85-,86-,88-,93+,94+,99+/m1/s1. The number of carbonyl (C=O) groups is 10. The van der Waals surface area contributed by atoms with Crippen molar-refractivity contribution < 1.29 is 145 Å². The van der Waals surface area contributed by atoms with E-state index < -0.39 is 205 Å². The van der Waals surface area contributed by atoms with E-state index in [1.807, 2.05) is 85.0 Å². The molecule has 15 N–H and O–H groups in total. The molecule has 2 bridgehead atoms. The summed E-state index contributed by atoms with van der Waals surface area (Å²) in [5, 5.41) is 77.0. The molecule has 3 aliphatic carbocycles. The number of allylic oxidation sites excluding steroid dienone is 3. The number of Topliss-reactive ketones (excluding diaryl/α,β-unsaturated/α-hetero) is 1. The molecule has 4 aliphatic heterocycles. The lowest BCUT2D eigenvalue weighted by Crippen LogP contribution is -2.65. The second-order valence-electron chi connectivity index (χ2n) is 35.6. The van der Waals surface area contributed by atoms with Crippen molar-refractivity contribution in [3.05, 3.63) is 139 Å². The predicted molar refractivity (Wildman–Crippen MR) is 535 cm³/mol. The van der Waals surface area contributed by atoms with Crippen molar-refractivity contribution in [3.63, 3.8) is 0 Å². The molecule has 7 aliphatic rings. The van der Waals surface area contributed by atoms with Crippen LogP contribution in [0.5, 0.6) is 17.2 Å². The number of aliphatic hydroxyl groups is 5. The lowest BCUT2D eigenvalue weighted by atomic mass is 9.75. The second-order valence-corrected chi connectivity index (χ2v) is 40.9. The van der Waals surface area contributed by atoms with Crippen LogP contribution < -0.4 is 62.6 Å². The average molecular weight is 2160 g/mol. The van der Waals surface area contributed by atoms with Crippen LogP contribution >= 0.6 is 55.9 Å². The van der Waals surface area contributed by atoms with Gasteiger partial charge in [-0.25, -0.2) is 19.2 Å². The number of hydroxylamine groups is 1. The van der Waals surface area contributed by atoms with E-state index in [1.165, 1.54) is 63.2 Å². The van der Waals surface area contributed by atoms with Gasteiger partial charge in [0.2, 0.25) is 40.8 Å². The Labute approximate surface area is 856 Å². The number of ether oxygens (including phenoxy) is 14. The summed E-state index contributed by atoms with van der Waals surface area (Å²) in [6.45, 7) is 16.8. The molecule has 780 valence electrons. The van der Waals surface area contributed by atoms with Gasteiger partial charge in [0.25, 0.3) is 0 Å². The van der Waals surface area contributed by atoms with Crippen LogP contribution in [0.25, 0.3) is 11.1 Å². The summed E-state index contributed by atoms with van der Waals surface area (Å²) in [6.07, 6.45) is -17.1. The molecule has 44 heteroatoms. The van der Waals surface area contributed by atoms with E-state index >= 15 is 0 Å². The molecule has 4 heterocycles. The summed E-state index contributed by atoms with van der Waals surface area (Å²) in [6, 6.07) is 15.9. The van der Waals surface area contributed by atoms with Gasteiger partial charge in [0.1, 0.15) is 68.0 Å². The number of likely N-dealkylation sites (N-methyl/N-ethyl adjacent to an activating group) is 1. The molecule has 4 aromatic rings. The summed E-state index contributed by atoms with van der Waals surface area (Å²) < 4.78 is 85.5. The van der Waals surface area contributed by atoms with Gasteiger partial charge in [-0.1, -0.05) is 151 Å². The monoisotopic (exact) mass is 2160 g/mol. The van der Waals surface area contributed by atoms with Crippen LogP contribution in [-0.4, -0.2) is 302 Å². The van der Waals surface area contributed by atoms with Gasteiger partial charge in [-0.15, -0.1) is 0 Å². The van der Waals surface area contributed by atoms with Crippen LogP contribution in [-0.2, 0) is 87.5 Å². The molecule has 11 rings (SSSR count). The normalized spacial score (nSPS) is 26.4. The van der Waals surface area contributed by atoms with Crippen LogP contribution in [0.4, 0.5) is 24.9 Å². The first-order chi connectivity index (χ1) is 68.4. The first-order valence-electron chi connectivity index (χ1n) is 47.1. The average Bonchev–Trinajstić information content (AvgIpc) is 1.64. The van der Waals surface area contributed by atoms with Crippen molar-refractivity contribution in [2.75, 3.05) is 79.5 Å². The minimum Gasteiger partial charge on any atom is -0.492 e. The van der Waals surface area contributed by atoms with E-state index in [4.69, 9.17) is 76.9 Å². The van der Waals surface area contributed by atoms with Crippen molar-refractivity contribution in [2.45, 2.75) is 272 Å². The number of methoxy groups -OCH3 is 5. The third-order valence-electron chi connectivity index (χ3n) is 25.0. The zero-order chi connectivity index (χ0) is 104. The zero-order valence-electron chi connectivity index (χ0n) is 82.2. The molecule has 40 nitrogen and oxygen atoms in total. The number of ketones is 1. The smallest absolute Gasteiger partial charge is 0.411 e. The summed E-state index contributed by atoms with van der Waals surface area (Å²) in [4.78, 5) is 144. The molecule has 4 fully saturated rings. The number of benzene rings is 4. The molecule has 9 amide bonds. The van der Waals surface area contributed by atoms with Crippen LogP contribution in [0.1, 0.15) is 152 Å². The van der Waals surface area contributed by atoms with E-state index in [-0.39, 0.29) is 134 Å². The van der Waals surface area contributed by atoms with Crippen molar-refractivity contribution >= 4 is 120 Å². The number of amides is 9. The number of rotatable bonds is 43. The quantitative estimate of drug-likeness (QED) is 0.00506. The zero-order valence-corrected chi connectivity index (χ0v) is 86.8. The maximum absolute atomic E-state index is 14.7. The maximum atomic E-state index is 14.7. The van der Waals surface area contributed by atoms with Gasteiger partial charge in [-0.3, -0.25) is 38.9 Å². The Hall–Kier alpha value is -9.90. The minimum absolute atomic E-state index is 0.00590. The van der Waals surface area contributed by atoms with Gasteiger partial charge in [0, 0.05) is 87.4 Å². The van der Waals surface area contributed by atoms with Crippen molar-refractivity contribution in [2.24, 2.45) is 11.7 Å². The topological polar surface area (TPSA) is 536 Å². The lowest BCUT2D eigenvalue weighted by molar-refractivity contribution is -0.337. The van der Waals surface area contributed by atoms with Gasteiger partial charge in [-0.05, 0) is 153 Å². The number of halogens is 1. The summed E-state index contributed by atoms with van der Waals surface area (Å²) in [7, 11) is 9.52. The Kier molecular flexibility index (Phi) is 42.4. The molecular formula is C99H129IN10O30S3. The van der Waals surface area contributed by atoms with E-state index in [9.17, 15) is 73.5 Å². The Morgan fingerprint density at radius 1 is 0.706 bits per heavy atom. The summed E-state index contributed by atoms with van der Waals surface area (Å²) in [5.41, 5.74) is 11.2. The second kappa shape index (κ2) is 53.5. The fourth-order valence-electron chi connectivity index (χ4n) is 17.7. The Morgan fingerprint density at radius 2 is 1.38 bits per heavy atom. The van der Waals surface area contributed by atoms with Crippen molar-refractivity contribution in [1.29, 1.82) is 0 Å². The molecule has 0 spiro atoms. The Balaban J connectivity index is 0.743. The lowest BCUT2D eigenvalue weighted by Gasteiger charge is -2.47. The van der Waals surface area contributed by atoms with Crippen LogP contribution in [0, 0.1) is 40.1 Å². The molecule has 0 unspecified atom stereocenters. The number of alkyl carbamates (subject to hydrolysis) is 2.